The van der Waals surface area contributed by atoms with Crippen molar-refractivity contribution in [1.29, 1.82) is 0 Å². The fraction of sp³-hybridized carbons (Fsp3) is 0.333. The molecule has 2 aliphatic rings. The summed E-state index contributed by atoms with van der Waals surface area (Å²) in [6.07, 6.45) is 2.04. The average Bonchev–Trinajstić information content (AvgIpc) is 3.42. The molecule has 2 aliphatic heterocycles. The third-order valence-electron chi connectivity index (χ3n) is 6.97. The van der Waals surface area contributed by atoms with Crippen LogP contribution in [0.4, 0.5) is 0 Å². The normalized spacial score (nSPS) is 22.0. The van der Waals surface area contributed by atoms with Crippen molar-refractivity contribution in [3.8, 4) is 11.1 Å². The van der Waals surface area contributed by atoms with Crippen LogP contribution in [0.2, 0.25) is 0 Å². The molecule has 0 radical (unpaired) electrons. The van der Waals surface area contributed by atoms with Crippen LogP contribution in [0.15, 0.2) is 84.9 Å². The largest absolute Gasteiger partial charge is 0.298 e. The van der Waals surface area contributed by atoms with Crippen LogP contribution < -0.4 is 0 Å². The fourth-order valence-corrected chi connectivity index (χ4v) is 6.83. The summed E-state index contributed by atoms with van der Waals surface area (Å²) < 4.78 is 27.7. The molecule has 0 unspecified atom stereocenters. The van der Waals surface area contributed by atoms with Crippen molar-refractivity contribution in [2.24, 2.45) is 5.41 Å². The van der Waals surface area contributed by atoms with E-state index in [0.717, 1.165) is 38.0 Å². The zero-order valence-electron chi connectivity index (χ0n) is 18.4. The Morgan fingerprint density at radius 2 is 1.31 bits per heavy atom. The van der Waals surface area contributed by atoms with Crippen LogP contribution in [-0.2, 0) is 22.3 Å². The van der Waals surface area contributed by atoms with Gasteiger partial charge in [-0.3, -0.25) is 4.90 Å². The first kappa shape index (κ1) is 21.4. The number of rotatable bonds is 6. The molecule has 0 aliphatic carbocycles. The van der Waals surface area contributed by atoms with Crippen LogP contribution in [0.5, 0.6) is 0 Å². The summed E-state index contributed by atoms with van der Waals surface area (Å²) in [6.45, 7) is 4.24. The Kier molecular flexibility index (Phi) is 5.89. The smallest absolute Gasteiger partial charge is 0.218 e. The highest BCUT2D eigenvalue weighted by molar-refractivity contribution is 7.88. The first-order chi connectivity index (χ1) is 15.5. The molecule has 3 aromatic carbocycles. The second-order valence-electron chi connectivity index (χ2n) is 9.35. The van der Waals surface area contributed by atoms with Gasteiger partial charge in [0.05, 0.1) is 5.75 Å². The molecule has 1 spiro atoms. The molecule has 2 heterocycles. The van der Waals surface area contributed by atoms with E-state index in [1.54, 1.807) is 4.31 Å². The molecule has 32 heavy (non-hydrogen) atoms. The molecule has 0 amide bonds. The van der Waals surface area contributed by atoms with Crippen molar-refractivity contribution in [2.45, 2.75) is 25.1 Å². The van der Waals surface area contributed by atoms with E-state index in [2.05, 4.69) is 53.4 Å². The van der Waals surface area contributed by atoms with Gasteiger partial charge in [-0.2, -0.15) is 0 Å². The fourth-order valence-electron chi connectivity index (χ4n) is 5.19. The molecular formula is C27H30N2O2S. The van der Waals surface area contributed by atoms with Gasteiger partial charge in [0.15, 0.2) is 0 Å². The second kappa shape index (κ2) is 8.81. The van der Waals surface area contributed by atoms with E-state index in [1.165, 1.54) is 16.7 Å². The molecule has 0 bridgehead atoms. The molecule has 2 fully saturated rings. The maximum absolute atomic E-state index is 13.0. The lowest BCUT2D eigenvalue weighted by atomic mass is 9.86. The highest BCUT2D eigenvalue weighted by Crippen LogP contribution is 2.41. The van der Waals surface area contributed by atoms with Gasteiger partial charge in [0.25, 0.3) is 0 Å². The Bertz CT molecular complexity index is 1150. The molecule has 0 saturated carbocycles. The molecule has 1 atom stereocenters. The number of sulfonamides is 1. The van der Waals surface area contributed by atoms with Crippen LogP contribution in [0.3, 0.4) is 0 Å². The van der Waals surface area contributed by atoms with Gasteiger partial charge in [-0.05, 0) is 47.1 Å². The number of nitrogens with zero attached hydrogens (tertiary/aromatic N) is 2. The van der Waals surface area contributed by atoms with Crippen LogP contribution >= 0.6 is 0 Å². The van der Waals surface area contributed by atoms with Gasteiger partial charge in [-0.25, -0.2) is 12.7 Å². The van der Waals surface area contributed by atoms with E-state index >= 15 is 0 Å². The van der Waals surface area contributed by atoms with Gasteiger partial charge in [0.1, 0.15) is 0 Å². The van der Waals surface area contributed by atoms with E-state index in [0.29, 0.717) is 13.1 Å². The summed E-state index contributed by atoms with van der Waals surface area (Å²) in [4.78, 5) is 2.49. The predicted octanol–water partition coefficient (Wildman–Crippen LogP) is 4.78. The Morgan fingerprint density at radius 3 is 2.03 bits per heavy atom. The Labute approximate surface area is 191 Å². The third kappa shape index (κ3) is 4.65. The minimum Gasteiger partial charge on any atom is -0.298 e. The van der Waals surface area contributed by atoms with Gasteiger partial charge in [-0.1, -0.05) is 84.9 Å². The Hall–Kier alpha value is -2.47. The predicted molar refractivity (Wildman–Crippen MR) is 129 cm³/mol. The topological polar surface area (TPSA) is 40.6 Å². The minimum absolute atomic E-state index is 0.0986. The minimum atomic E-state index is -3.27. The first-order valence-electron chi connectivity index (χ1n) is 11.4. The number of hydrogen-bond donors (Lipinski definition) is 0. The molecule has 3 aromatic rings. The summed E-state index contributed by atoms with van der Waals surface area (Å²) in [5.41, 5.74) is 4.76. The van der Waals surface area contributed by atoms with Crippen LogP contribution in [0, 0.1) is 5.41 Å². The molecule has 2 saturated heterocycles. The summed E-state index contributed by atoms with van der Waals surface area (Å²) in [5, 5.41) is 0. The third-order valence-corrected chi connectivity index (χ3v) is 8.77. The van der Waals surface area contributed by atoms with Gasteiger partial charge >= 0.3 is 0 Å². The van der Waals surface area contributed by atoms with Crippen molar-refractivity contribution in [3.63, 3.8) is 0 Å². The lowest BCUT2D eigenvalue weighted by Crippen LogP contribution is -2.34. The molecule has 0 aromatic heterocycles. The molecular weight excluding hydrogens is 416 g/mol. The summed E-state index contributed by atoms with van der Waals surface area (Å²) in [7, 11) is -3.27. The van der Waals surface area contributed by atoms with Crippen molar-refractivity contribution in [2.75, 3.05) is 26.2 Å². The Balaban J connectivity index is 1.19. The van der Waals surface area contributed by atoms with E-state index in [9.17, 15) is 8.42 Å². The van der Waals surface area contributed by atoms with E-state index in [-0.39, 0.29) is 11.2 Å². The number of likely N-dealkylation sites (tertiary alicyclic amines) is 1. The summed E-state index contributed by atoms with van der Waals surface area (Å²) >= 11 is 0. The van der Waals surface area contributed by atoms with Crippen molar-refractivity contribution < 1.29 is 8.42 Å². The molecule has 4 nitrogen and oxygen atoms in total. The number of benzene rings is 3. The van der Waals surface area contributed by atoms with Gasteiger partial charge in [0, 0.05) is 26.2 Å². The second-order valence-corrected chi connectivity index (χ2v) is 11.3. The lowest BCUT2D eigenvalue weighted by Gasteiger charge is -2.25. The highest BCUT2D eigenvalue weighted by atomic mass is 32.2. The zero-order valence-corrected chi connectivity index (χ0v) is 19.2. The number of hydrogen-bond acceptors (Lipinski definition) is 3. The van der Waals surface area contributed by atoms with Crippen LogP contribution in [0.1, 0.15) is 24.0 Å². The summed E-state index contributed by atoms with van der Waals surface area (Å²) in [5.74, 6) is 0.0986. The van der Waals surface area contributed by atoms with Crippen LogP contribution in [-0.4, -0.2) is 43.8 Å². The molecule has 0 N–H and O–H groups in total. The standard InChI is InChI=1S/C27H30N2O2S/c30-32(31,20-24-7-3-1-4-8-24)29-18-16-27(22-29)15-17-28(21-27)19-23-11-13-26(14-12-23)25-9-5-2-6-10-25/h1-14H,15-22H2/t27-/m0/s1. The maximum atomic E-state index is 13.0. The van der Waals surface area contributed by atoms with Crippen molar-refractivity contribution in [1.82, 2.24) is 9.21 Å². The molecule has 166 valence electrons. The zero-order chi connectivity index (χ0) is 22.0. The quantitative estimate of drug-likeness (QED) is 0.547. The van der Waals surface area contributed by atoms with Crippen LogP contribution in [0.25, 0.3) is 11.1 Å². The van der Waals surface area contributed by atoms with E-state index in [1.807, 2.05) is 36.4 Å². The SMILES string of the molecule is O=S(=O)(Cc1ccccc1)N1CC[C@]2(CCN(Cc3ccc(-c4ccccc4)cc3)C2)C1. The summed E-state index contributed by atoms with van der Waals surface area (Å²) in [6, 6.07) is 28.8. The lowest BCUT2D eigenvalue weighted by molar-refractivity contribution is 0.260. The molecule has 5 heteroatoms. The highest BCUT2D eigenvalue weighted by Gasteiger charge is 2.46. The van der Waals surface area contributed by atoms with Gasteiger partial charge < -0.3 is 0 Å². The van der Waals surface area contributed by atoms with Gasteiger partial charge in [-0.15, -0.1) is 0 Å². The van der Waals surface area contributed by atoms with Crippen molar-refractivity contribution in [3.05, 3.63) is 96.1 Å². The van der Waals surface area contributed by atoms with E-state index < -0.39 is 10.0 Å². The van der Waals surface area contributed by atoms with Crippen molar-refractivity contribution >= 4 is 10.0 Å². The van der Waals surface area contributed by atoms with E-state index in [4.69, 9.17) is 0 Å². The monoisotopic (exact) mass is 446 g/mol. The average molecular weight is 447 g/mol. The van der Waals surface area contributed by atoms with Gasteiger partial charge in [0.2, 0.25) is 10.0 Å². The maximum Gasteiger partial charge on any atom is 0.218 e. The molecule has 5 rings (SSSR count). The first-order valence-corrected chi connectivity index (χ1v) is 13.0. The Morgan fingerprint density at radius 1 is 0.688 bits per heavy atom.